The van der Waals surface area contributed by atoms with Gasteiger partial charge in [-0.2, -0.15) is 0 Å². The summed E-state index contributed by atoms with van der Waals surface area (Å²) in [6.45, 7) is 0.483. The highest BCUT2D eigenvalue weighted by molar-refractivity contribution is 5.75. The Kier molecular flexibility index (Phi) is 7.16. The molecule has 144 valence electrons. The van der Waals surface area contributed by atoms with Crippen molar-refractivity contribution in [3.63, 3.8) is 0 Å². The Bertz CT molecular complexity index is 789. The summed E-state index contributed by atoms with van der Waals surface area (Å²) < 4.78 is 10.5. The van der Waals surface area contributed by atoms with Gasteiger partial charge in [0.2, 0.25) is 5.91 Å². The summed E-state index contributed by atoms with van der Waals surface area (Å²) >= 11 is 0. The normalized spacial score (nSPS) is 10.3. The Morgan fingerprint density at radius 3 is 2.26 bits per heavy atom. The zero-order valence-corrected chi connectivity index (χ0v) is 15.8. The number of hydrogen-bond acceptors (Lipinski definition) is 5. The highest BCUT2D eigenvalue weighted by Gasteiger charge is 2.12. The van der Waals surface area contributed by atoms with Crippen LogP contribution in [0, 0.1) is 10.1 Å². The first-order valence-electron chi connectivity index (χ1n) is 8.62. The largest absolute Gasteiger partial charge is 0.493 e. The van der Waals surface area contributed by atoms with E-state index < -0.39 is 4.92 Å². The number of aryl methyl sites for hydroxylation is 1. The number of amides is 1. The average Bonchev–Trinajstić information content (AvgIpc) is 2.68. The second-order valence-electron chi connectivity index (χ2n) is 6.22. The lowest BCUT2D eigenvalue weighted by Crippen LogP contribution is -2.26. The van der Waals surface area contributed by atoms with Gasteiger partial charge in [0.25, 0.3) is 5.69 Å². The zero-order chi connectivity index (χ0) is 19.8. The molecule has 0 aliphatic rings. The average molecular weight is 372 g/mol. The minimum absolute atomic E-state index is 0.0479. The third-order valence-corrected chi connectivity index (χ3v) is 4.30. The molecule has 0 saturated heterocycles. The Morgan fingerprint density at radius 1 is 1.04 bits per heavy atom. The number of benzene rings is 2. The molecular formula is C20H24N2O5. The van der Waals surface area contributed by atoms with Crippen molar-refractivity contribution in [3.05, 3.63) is 63.7 Å². The van der Waals surface area contributed by atoms with Crippen LogP contribution in [0.3, 0.4) is 0 Å². The number of nitrogens with zero attached hydrogens (tertiary/aromatic N) is 2. The predicted molar refractivity (Wildman–Crippen MR) is 102 cm³/mol. The summed E-state index contributed by atoms with van der Waals surface area (Å²) in [5.74, 6) is 1.33. The van der Waals surface area contributed by atoms with Crippen molar-refractivity contribution in [1.82, 2.24) is 4.90 Å². The highest BCUT2D eigenvalue weighted by Crippen LogP contribution is 2.28. The Morgan fingerprint density at radius 2 is 1.67 bits per heavy atom. The van der Waals surface area contributed by atoms with Crippen molar-refractivity contribution < 1.29 is 19.2 Å². The van der Waals surface area contributed by atoms with Gasteiger partial charge in [-0.3, -0.25) is 14.9 Å². The summed E-state index contributed by atoms with van der Waals surface area (Å²) in [4.78, 5) is 24.3. The van der Waals surface area contributed by atoms with E-state index in [1.54, 1.807) is 38.3 Å². The van der Waals surface area contributed by atoms with E-state index in [-0.39, 0.29) is 11.6 Å². The van der Waals surface area contributed by atoms with Crippen LogP contribution in [0.4, 0.5) is 5.69 Å². The van der Waals surface area contributed by atoms with Crippen LogP contribution < -0.4 is 9.47 Å². The molecule has 27 heavy (non-hydrogen) atoms. The molecule has 1 amide bonds. The number of rotatable bonds is 9. The van der Waals surface area contributed by atoms with Gasteiger partial charge in [-0.25, -0.2) is 0 Å². The summed E-state index contributed by atoms with van der Waals surface area (Å²) in [6.07, 6.45) is 1.81. The minimum Gasteiger partial charge on any atom is -0.493 e. The molecule has 0 fully saturated rings. The van der Waals surface area contributed by atoms with Gasteiger partial charge in [-0.1, -0.05) is 18.2 Å². The van der Waals surface area contributed by atoms with Crippen LogP contribution in [0.1, 0.15) is 24.0 Å². The summed E-state index contributed by atoms with van der Waals surface area (Å²) in [6, 6.07) is 12.0. The maximum Gasteiger partial charge on any atom is 0.269 e. The quantitative estimate of drug-likeness (QED) is 0.496. The monoisotopic (exact) mass is 372 g/mol. The van der Waals surface area contributed by atoms with Crippen LogP contribution in [0.25, 0.3) is 0 Å². The molecule has 0 radical (unpaired) electrons. The molecule has 2 aromatic rings. The van der Waals surface area contributed by atoms with Crippen LogP contribution >= 0.6 is 0 Å². The maximum atomic E-state index is 12.3. The van der Waals surface area contributed by atoms with Crippen LogP contribution in [0.5, 0.6) is 11.5 Å². The third kappa shape index (κ3) is 5.70. The second-order valence-corrected chi connectivity index (χ2v) is 6.22. The lowest BCUT2D eigenvalue weighted by Gasteiger charge is -2.18. The maximum absolute atomic E-state index is 12.3. The van der Waals surface area contributed by atoms with Gasteiger partial charge in [0.15, 0.2) is 11.5 Å². The molecule has 0 bridgehead atoms. The summed E-state index contributed by atoms with van der Waals surface area (Å²) in [7, 11) is 4.93. The molecule has 0 N–H and O–H groups in total. The van der Waals surface area contributed by atoms with Gasteiger partial charge in [-0.05, 0) is 36.1 Å². The van der Waals surface area contributed by atoms with Crippen LogP contribution in [0.2, 0.25) is 0 Å². The van der Waals surface area contributed by atoms with E-state index in [1.165, 1.54) is 12.1 Å². The second kappa shape index (κ2) is 9.56. The topological polar surface area (TPSA) is 81.9 Å². The number of carbonyl (C=O) groups excluding carboxylic acids is 1. The molecule has 0 aliphatic heterocycles. The highest BCUT2D eigenvalue weighted by atomic mass is 16.6. The molecule has 0 unspecified atom stereocenters. The van der Waals surface area contributed by atoms with Crippen molar-refractivity contribution in [2.24, 2.45) is 0 Å². The first-order chi connectivity index (χ1) is 12.9. The number of non-ortho nitro benzene ring substituents is 1. The smallest absolute Gasteiger partial charge is 0.269 e. The molecule has 7 heteroatoms. The van der Waals surface area contributed by atoms with E-state index in [1.807, 2.05) is 18.2 Å². The van der Waals surface area contributed by atoms with Crippen molar-refractivity contribution in [1.29, 1.82) is 0 Å². The molecule has 7 nitrogen and oxygen atoms in total. The van der Waals surface area contributed by atoms with E-state index >= 15 is 0 Å². The minimum atomic E-state index is -0.420. The fraction of sp³-hybridized carbons (Fsp3) is 0.350. The zero-order valence-electron chi connectivity index (χ0n) is 15.8. The molecule has 0 atom stereocenters. The van der Waals surface area contributed by atoms with Crippen molar-refractivity contribution >= 4 is 11.6 Å². The third-order valence-electron chi connectivity index (χ3n) is 4.30. The van der Waals surface area contributed by atoms with Gasteiger partial charge >= 0.3 is 0 Å². The number of nitro benzene ring substituents is 1. The Labute approximate surface area is 158 Å². The molecule has 0 spiro atoms. The number of ether oxygens (including phenoxy) is 2. The van der Waals surface area contributed by atoms with Gasteiger partial charge in [0.1, 0.15) is 0 Å². The van der Waals surface area contributed by atoms with Gasteiger partial charge < -0.3 is 14.4 Å². The number of hydrogen-bond donors (Lipinski definition) is 0. The number of methoxy groups -OCH3 is 2. The first kappa shape index (κ1) is 20.2. The lowest BCUT2D eigenvalue weighted by atomic mass is 10.1. The molecule has 0 aliphatic carbocycles. The van der Waals surface area contributed by atoms with Gasteiger partial charge in [0.05, 0.1) is 19.1 Å². The predicted octanol–water partition coefficient (Wildman–Crippen LogP) is 3.59. The van der Waals surface area contributed by atoms with Crippen LogP contribution in [-0.2, 0) is 17.8 Å². The molecule has 2 aromatic carbocycles. The SMILES string of the molecule is COc1ccc(CN(C)C(=O)CCCc2ccc([N+](=O)[O-])cc2)cc1OC. The van der Waals surface area contributed by atoms with E-state index in [0.717, 1.165) is 11.1 Å². The van der Waals surface area contributed by atoms with E-state index in [2.05, 4.69) is 0 Å². The molecule has 0 heterocycles. The van der Waals surface area contributed by atoms with E-state index in [9.17, 15) is 14.9 Å². The fourth-order valence-corrected chi connectivity index (χ4v) is 2.76. The Hall–Kier alpha value is -3.09. The lowest BCUT2D eigenvalue weighted by molar-refractivity contribution is -0.384. The van der Waals surface area contributed by atoms with E-state index in [0.29, 0.717) is 37.3 Å². The Balaban J connectivity index is 1.84. The summed E-state index contributed by atoms with van der Waals surface area (Å²) in [5, 5.41) is 10.7. The molecule has 0 aromatic heterocycles. The molecular weight excluding hydrogens is 348 g/mol. The number of carbonyl (C=O) groups is 1. The molecule has 2 rings (SSSR count). The van der Waals surface area contributed by atoms with Crippen molar-refractivity contribution in [2.75, 3.05) is 21.3 Å². The van der Waals surface area contributed by atoms with Crippen molar-refractivity contribution in [2.45, 2.75) is 25.8 Å². The standard InChI is InChI=1S/C20H24N2O5/c1-21(14-16-9-12-18(26-2)19(13-16)27-3)20(23)6-4-5-15-7-10-17(11-8-15)22(24)25/h7-13H,4-6,14H2,1-3H3. The molecule has 0 saturated carbocycles. The van der Waals surface area contributed by atoms with Gasteiger partial charge in [-0.15, -0.1) is 0 Å². The summed E-state index contributed by atoms with van der Waals surface area (Å²) in [5.41, 5.74) is 2.01. The van der Waals surface area contributed by atoms with Gasteiger partial charge in [0, 0.05) is 32.1 Å². The fourth-order valence-electron chi connectivity index (χ4n) is 2.76. The van der Waals surface area contributed by atoms with Crippen LogP contribution in [0.15, 0.2) is 42.5 Å². The number of nitro groups is 1. The van der Waals surface area contributed by atoms with E-state index in [4.69, 9.17) is 9.47 Å². The first-order valence-corrected chi connectivity index (χ1v) is 8.62. The van der Waals surface area contributed by atoms with Crippen molar-refractivity contribution in [3.8, 4) is 11.5 Å². The van der Waals surface area contributed by atoms with Crippen LogP contribution in [-0.4, -0.2) is 37.0 Å².